The number of hydrogen-bond acceptors (Lipinski definition) is 3. The number of carbonyl (C=O) groups is 1. The third-order valence-corrected chi connectivity index (χ3v) is 3.74. The summed E-state index contributed by atoms with van der Waals surface area (Å²) >= 11 is 0. The van der Waals surface area contributed by atoms with Crippen LogP contribution in [0.15, 0.2) is 30.3 Å². The zero-order valence-corrected chi connectivity index (χ0v) is 14.6. The fraction of sp³-hybridized carbons (Fsp3) is 0.632. The van der Waals surface area contributed by atoms with Crippen molar-refractivity contribution in [3.8, 4) is 0 Å². The average molecular weight is 325 g/mol. The molecule has 0 aliphatic carbocycles. The number of amides is 1. The Morgan fingerprint density at radius 1 is 1.22 bits per heavy atom. The minimum Gasteiger partial charge on any atom is -0.393 e. The molecule has 1 aromatic rings. The predicted molar refractivity (Wildman–Crippen MR) is 99.4 cm³/mol. The van der Waals surface area contributed by atoms with Gasteiger partial charge in [-0.3, -0.25) is 4.79 Å². The molecule has 134 valence electrons. The summed E-state index contributed by atoms with van der Waals surface area (Å²) in [6, 6.07) is 10.1. The highest BCUT2D eigenvalue weighted by atomic mass is 16.3. The van der Waals surface area contributed by atoms with Crippen molar-refractivity contribution >= 4 is 5.91 Å². The highest BCUT2D eigenvalue weighted by Crippen LogP contribution is 2.34. The number of nitrogens with zero attached hydrogens (tertiary/aromatic N) is 1. The summed E-state index contributed by atoms with van der Waals surface area (Å²) in [5.41, 5.74) is 6.58. The fourth-order valence-electron chi connectivity index (χ4n) is 2.70. The predicted octanol–water partition coefficient (Wildman–Crippen LogP) is 3.26. The Morgan fingerprint density at radius 2 is 1.74 bits per heavy atom. The third-order valence-electron chi connectivity index (χ3n) is 3.74. The van der Waals surface area contributed by atoms with Crippen molar-refractivity contribution in [1.29, 1.82) is 0 Å². The first-order valence-electron chi connectivity index (χ1n) is 8.34. The van der Waals surface area contributed by atoms with Gasteiger partial charge in [0, 0.05) is 24.9 Å². The van der Waals surface area contributed by atoms with Crippen molar-refractivity contribution in [2.45, 2.75) is 54.1 Å². The molecular formula is C19H36N2O2. The SMILES string of the molecule is C.CC.CC.C[C@H](O)[C@@H]1CN(C(=O)CN)C[C@H]1c1ccccc1. The molecule has 1 aromatic carbocycles. The smallest absolute Gasteiger partial charge is 0.236 e. The van der Waals surface area contributed by atoms with E-state index in [4.69, 9.17) is 5.73 Å². The standard InChI is InChI=1S/C14H20N2O2.2C2H6.CH4/c1-10(17)12-8-16(14(18)7-15)9-13(12)11-5-3-2-4-6-11;2*1-2;/h2-6,10,12-13,17H,7-9,15H2,1H3;2*1-2H3;1H4/t10-,12-,13-;;;/m0.../s1. The Hall–Kier alpha value is -1.39. The van der Waals surface area contributed by atoms with Crippen LogP contribution in [0.1, 0.15) is 53.5 Å². The first-order valence-corrected chi connectivity index (χ1v) is 8.34. The van der Waals surface area contributed by atoms with Gasteiger partial charge in [-0.15, -0.1) is 0 Å². The summed E-state index contributed by atoms with van der Waals surface area (Å²) in [7, 11) is 0. The lowest BCUT2D eigenvalue weighted by Crippen LogP contribution is -2.35. The number of carbonyl (C=O) groups excluding carboxylic acids is 1. The van der Waals surface area contributed by atoms with Gasteiger partial charge >= 0.3 is 0 Å². The number of rotatable bonds is 3. The van der Waals surface area contributed by atoms with Gasteiger partial charge in [0.05, 0.1) is 12.6 Å². The Morgan fingerprint density at radius 3 is 2.17 bits per heavy atom. The molecule has 23 heavy (non-hydrogen) atoms. The lowest BCUT2D eigenvalue weighted by Gasteiger charge is -2.20. The van der Waals surface area contributed by atoms with Gasteiger partial charge in [0.25, 0.3) is 0 Å². The Balaban J connectivity index is 0. The minimum atomic E-state index is -0.425. The average Bonchev–Trinajstić information content (AvgIpc) is 3.04. The molecule has 4 heteroatoms. The first-order chi connectivity index (χ1) is 10.6. The number of aliphatic hydroxyl groups is 1. The molecule has 1 amide bonds. The van der Waals surface area contributed by atoms with Gasteiger partial charge in [-0.25, -0.2) is 0 Å². The Kier molecular flexibility index (Phi) is 13.6. The monoisotopic (exact) mass is 324 g/mol. The largest absolute Gasteiger partial charge is 0.393 e. The second-order valence-corrected chi connectivity index (χ2v) is 4.92. The van der Waals surface area contributed by atoms with Crippen LogP contribution >= 0.6 is 0 Å². The van der Waals surface area contributed by atoms with Crippen LogP contribution in [0.2, 0.25) is 0 Å². The Labute approximate surface area is 142 Å². The van der Waals surface area contributed by atoms with Crippen LogP contribution in [0.4, 0.5) is 0 Å². The van der Waals surface area contributed by atoms with Crippen molar-refractivity contribution in [3.05, 3.63) is 35.9 Å². The third kappa shape index (κ3) is 6.71. The van der Waals surface area contributed by atoms with E-state index in [1.165, 1.54) is 5.56 Å². The lowest BCUT2D eigenvalue weighted by molar-refractivity contribution is -0.128. The molecule has 1 aliphatic heterocycles. The van der Waals surface area contributed by atoms with Gasteiger partial charge < -0.3 is 15.7 Å². The summed E-state index contributed by atoms with van der Waals surface area (Å²) < 4.78 is 0. The molecule has 3 N–H and O–H groups in total. The maximum Gasteiger partial charge on any atom is 0.236 e. The van der Waals surface area contributed by atoms with E-state index in [0.717, 1.165) is 0 Å². The van der Waals surface area contributed by atoms with E-state index >= 15 is 0 Å². The van der Waals surface area contributed by atoms with Gasteiger partial charge in [0.15, 0.2) is 0 Å². The van der Waals surface area contributed by atoms with Crippen LogP contribution in [0.25, 0.3) is 0 Å². The van der Waals surface area contributed by atoms with Crippen molar-refractivity contribution < 1.29 is 9.90 Å². The fourth-order valence-corrected chi connectivity index (χ4v) is 2.70. The normalized spacial score (nSPS) is 20.2. The second-order valence-electron chi connectivity index (χ2n) is 4.92. The molecule has 4 nitrogen and oxygen atoms in total. The van der Waals surface area contributed by atoms with Crippen LogP contribution in [-0.2, 0) is 4.79 Å². The molecule has 0 bridgehead atoms. The molecule has 3 atom stereocenters. The van der Waals surface area contributed by atoms with Crippen molar-refractivity contribution in [1.82, 2.24) is 4.90 Å². The van der Waals surface area contributed by atoms with E-state index in [1.54, 1.807) is 11.8 Å². The highest BCUT2D eigenvalue weighted by Gasteiger charge is 2.37. The number of benzene rings is 1. The lowest BCUT2D eigenvalue weighted by atomic mass is 9.86. The van der Waals surface area contributed by atoms with Crippen LogP contribution < -0.4 is 5.73 Å². The van der Waals surface area contributed by atoms with E-state index in [2.05, 4.69) is 12.1 Å². The first kappa shape index (κ1) is 23.9. The quantitative estimate of drug-likeness (QED) is 0.897. The second kappa shape index (κ2) is 13.1. The minimum absolute atomic E-state index is 0. The molecule has 0 aromatic heterocycles. The van der Waals surface area contributed by atoms with E-state index in [1.807, 2.05) is 45.9 Å². The van der Waals surface area contributed by atoms with Gasteiger partial charge in [-0.1, -0.05) is 65.5 Å². The van der Waals surface area contributed by atoms with E-state index in [0.29, 0.717) is 13.1 Å². The number of likely N-dealkylation sites (tertiary alicyclic amines) is 1. The Bertz CT molecular complexity index is 407. The summed E-state index contributed by atoms with van der Waals surface area (Å²) in [4.78, 5) is 13.4. The molecule has 2 rings (SSSR count). The highest BCUT2D eigenvalue weighted by molar-refractivity contribution is 5.78. The van der Waals surface area contributed by atoms with Gasteiger partial charge in [0.2, 0.25) is 5.91 Å². The summed E-state index contributed by atoms with van der Waals surface area (Å²) in [5.74, 6) is 0.240. The zero-order valence-electron chi connectivity index (χ0n) is 14.6. The number of nitrogens with two attached hydrogens (primary N) is 1. The van der Waals surface area contributed by atoms with Crippen molar-refractivity contribution in [3.63, 3.8) is 0 Å². The van der Waals surface area contributed by atoms with Crippen LogP contribution in [0.5, 0.6) is 0 Å². The van der Waals surface area contributed by atoms with E-state index in [-0.39, 0.29) is 31.7 Å². The summed E-state index contributed by atoms with van der Waals surface area (Å²) in [6.07, 6.45) is -0.425. The molecule has 0 unspecified atom stereocenters. The molecule has 1 fully saturated rings. The molecule has 0 spiro atoms. The van der Waals surface area contributed by atoms with E-state index in [9.17, 15) is 9.90 Å². The van der Waals surface area contributed by atoms with Crippen molar-refractivity contribution in [2.24, 2.45) is 11.7 Å². The molecule has 0 radical (unpaired) electrons. The maximum absolute atomic E-state index is 11.7. The summed E-state index contributed by atoms with van der Waals surface area (Å²) in [6.45, 7) is 11.1. The summed E-state index contributed by atoms with van der Waals surface area (Å²) in [5, 5.41) is 9.89. The maximum atomic E-state index is 11.7. The molecule has 0 saturated carbocycles. The van der Waals surface area contributed by atoms with Gasteiger partial charge in [0.1, 0.15) is 0 Å². The van der Waals surface area contributed by atoms with Crippen LogP contribution in [0, 0.1) is 5.92 Å². The topological polar surface area (TPSA) is 66.6 Å². The van der Waals surface area contributed by atoms with E-state index < -0.39 is 6.10 Å². The molecule has 1 aliphatic rings. The van der Waals surface area contributed by atoms with Gasteiger partial charge in [-0.2, -0.15) is 0 Å². The number of hydrogen-bond donors (Lipinski definition) is 2. The van der Waals surface area contributed by atoms with Crippen LogP contribution in [-0.4, -0.2) is 41.7 Å². The van der Waals surface area contributed by atoms with Crippen LogP contribution in [0.3, 0.4) is 0 Å². The van der Waals surface area contributed by atoms with Crippen molar-refractivity contribution in [2.75, 3.05) is 19.6 Å². The number of aliphatic hydroxyl groups excluding tert-OH is 1. The van der Waals surface area contributed by atoms with Gasteiger partial charge in [-0.05, 0) is 12.5 Å². The molecule has 1 heterocycles. The zero-order chi connectivity index (χ0) is 17.1. The molecule has 1 saturated heterocycles. The molecular weight excluding hydrogens is 288 g/mol.